The zero-order valence-electron chi connectivity index (χ0n) is 11.4. The Bertz CT molecular complexity index is 464. The molecule has 5 nitrogen and oxygen atoms in total. The minimum atomic E-state index is -0.377. The summed E-state index contributed by atoms with van der Waals surface area (Å²) in [6, 6.07) is 5.73. The number of likely N-dealkylation sites (N-methyl/N-ethyl adjacent to an activating group) is 1. The van der Waals surface area contributed by atoms with Gasteiger partial charge in [0.2, 0.25) is 5.91 Å². The van der Waals surface area contributed by atoms with E-state index in [1.165, 1.54) is 0 Å². The standard InChI is InChI=1S/C14H19N3O2/c1-11-6-8-16(2)14(18)13(5-7-15)17(11)10-12-4-3-9-19-12/h3-4,9,11,13H,5-6,8,10H2,1-2H3. The van der Waals surface area contributed by atoms with Gasteiger partial charge in [-0.25, -0.2) is 0 Å². The molecule has 2 rings (SSSR count). The third-order valence-electron chi connectivity index (χ3n) is 3.71. The molecule has 0 aromatic carbocycles. The van der Waals surface area contributed by atoms with Crippen LogP contribution in [0.3, 0.4) is 0 Å². The van der Waals surface area contributed by atoms with E-state index in [-0.39, 0.29) is 24.4 Å². The predicted octanol–water partition coefficient (Wildman–Crippen LogP) is 1.61. The summed E-state index contributed by atoms with van der Waals surface area (Å²) in [5.41, 5.74) is 0. The third kappa shape index (κ3) is 2.96. The molecular formula is C14H19N3O2. The van der Waals surface area contributed by atoms with Gasteiger partial charge in [0.05, 0.1) is 25.3 Å². The minimum absolute atomic E-state index is 0.0254. The summed E-state index contributed by atoms with van der Waals surface area (Å²) >= 11 is 0. The molecule has 102 valence electrons. The molecule has 0 N–H and O–H groups in total. The van der Waals surface area contributed by atoms with Gasteiger partial charge in [0.1, 0.15) is 11.8 Å². The lowest BCUT2D eigenvalue weighted by molar-refractivity contribution is -0.134. The number of rotatable bonds is 3. The van der Waals surface area contributed by atoms with Crippen LogP contribution in [0.2, 0.25) is 0 Å². The van der Waals surface area contributed by atoms with E-state index in [0.717, 1.165) is 18.7 Å². The van der Waals surface area contributed by atoms with E-state index in [1.807, 2.05) is 12.1 Å². The molecule has 1 aliphatic heterocycles. The molecule has 1 aromatic heterocycles. The highest BCUT2D eigenvalue weighted by atomic mass is 16.3. The van der Waals surface area contributed by atoms with Crippen molar-refractivity contribution in [2.75, 3.05) is 13.6 Å². The first-order valence-corrected chi connectivity index (χ1v) is 6.53. The van der Waals surface area contributed by atoms with Crippen molar-refractivity contribution >= 4 is 5.91 Å². The van der Waals surface area contributed by atoms with Crippen LogP contribution < -0.4 is 0 Å². The first-order valence-electron chi connectivity index (χ1n) is 6.53. The Hall–Kier alpha value is -1.80. The molecule has 1 amide bonds. The van der Waals surface area contributed by atoms with Crippen molar-refractivity contribution in [3.63, 3.8) is 0 Å². The Morgan fingerprint density at radius 3 is 3.00 bits per heavy atom. The van der Waals surface area contributed by atoms with Crippen LogP contribution in [-0.4, -0.2) is 41.4 Å². The molecule has 1 saturated heterocycles. The second-order valence-electron chi connectivity index (χ2n) is 5.03. The number of furan rings is 1. The van der Waals surface area contributed by atoms with Crippen molar-refractivity contribution in [1.82, 2.24) is 9.80 Å². The highest BCUT2D eigenvalue weighted by Crippen LogP contribution is 2.21. The minimum Gasteiger partial charge on any atom is -0.468 e. The van der Waals surface area contributed by atoms with E-state index in [1.54, 1.807) is 18.2 Å². The fourth-order valence-corrected chi connectivity index (χ4v) is 2.50. The Kier molecular flexibility index (Phi) is 4.23. The molecule has 0 radical (unpaired) electrons. The van der Waals surface area contributed by atoms with Gasteiger partial charge in [0.25, 0.3) is 0 Å². The molecule has 1 aromatic rings. The van der Waals surface area contributed by atoms with Crippen LogP contribution >= 0.6 is 0 Å². The molecule has 2 atom stereocenters. The highest BCUT2D eigenvalue weighted by molar-refractivity contribution is 5.82. The smallest absolute Gasteiger partial charge is 0.240 e. The van der Waals surface area contributed by atoms with E-state index in [2.05, 4.69) is 17.9 Å². The SMILES string of the molecule is CC1CCN(C)C(=O)C(CC#N)N1Cc1ccco1. The van der Waals surface area contributed by atoms with E-state index in [0.29, 0.717) is 6.54 Å². The summed E-state index contributed by atoms with van der Waals surface area (Å²) in [5.74, 6) is 0.851. The van der Waals surface area contributed by atoms with Gasteiger partial charge in [-0.15, -0.1) is 0 Å². The van der Waals surface area contributed by atoms with Crippen LogP contribution in [0, 0.1) is 11.3 Å². The molecule has 1 aliphatic rings. The lowest BCUT2D eigenvalue weighted by atomic mass is 10.1. The average molecular weight is 261 g/mol. The lowest BCUT2D eigenvalue weighted by Crippen LogP contribution is -2.46. The molecule has 1 fully saturated rings. The number of amides is 1. The van der Waals surface area contributed by atoms with Crippen molar-refractivity contribution in [2.45, 2.75) is 38.4 Å². The zero-order valence-corrected chi connectivity index (χ0v) is 11.4. The van der Waals surface area contributed by atoms with Gasteiger partial charge in [-0.3, -0.25) is 9.69 Å². The Morgan fingerprint density at radius 2 is 2.37 bits per heavy atom. The van der Waals surface area contributed by atoms with E-state index >= 15 is 0 Å². The van der Waals surface area contributed by atoms with Crippen LogP contribution in [0.25, 0.3) is 0 Å². The fourth-order valence-electron chi connectivity index (χ4n) is 2.50. The topological polar surface area (TPSA) is 60.5 Å². The van der Waals surface area contributed by atoms with Gasteiger partial charge in [0, 0.05) is 19.6 Å². The fraction of sp³-hybridized carbons (Fsp3) is 0.571. The second kappa shape index (κ2) is 5.89. The second-order valence-corrected chi connectivity index (χ2v) is 5.03. The van der Waals surface area contributed by atoms with Crippen LogP contribution in [0.15, 0.2) is 22.8 Å². The van der Waals surface area contributed by atoms with Gasteiger partial charge in [-0.2, -0.15) is 5.26 Å². The molecule has 0 spiro atoms. The Balaban J connectivity index is 2.23. The summed E-state index contributed by atoms with van der Waals surface area (Å²) < 4.78 is 5.36. The first kappa shape index (κ1) is 13.6. The molecule has 0 bridgehead atoms. The third-order valence-corrected chi connectivity index (χ3v) is 3.71. The van der Waals surface area contributed by atoms with Crippen LogP contribution in [-0.2, 0) is 11.3 Å². The van der Waals surface area contributed by atoms with Crippen molar-refractivity contribution in [2.24, 2.45) is 0 Å². The molecular weight excluding hydrogens is 242 g/mol. The van der Waals surface area contributed by atoms with E-state index < -0.39 is 0 Å². The summed E-state index contributed by atoms with van der Waals surface area (Å²) in [6.45, 7) is 3.40. The number of nitriles is 1. The number of nitrogens with zero attached hydrogens (tertiary/aromatic N) is 3. The summed E-state index contributed by atoms with van der Waals surface area (Å²) in [6.07, 6.45) is 2.75. The molecule has 5 heteroatoms. The zero-order chi connectivity index (χ0) is 13.8. The Labute approximate surface area is 113 Å². The number of hydrogen-bond donors (Lipinski definition) is 0. The van der Waals surface area contributed by atoms with Crippen LogP contribution in [0.4, 0.5) is 0 Å². The molecule has 2 unspecified atom stereocenters. The Morgan fingerprint density at radius 1 is 1.58 bits per heavy atom. The summed E-state index contributed by atoms with van der Waals surface area (Å²) in [5, 5.41) is 8.97. The maximum Gasteiger partial charge on any atom is 0.240 e. The van der Waals surface area contributed by atoms with E-state index in [4.69, 9.17) is 9.68 Å². The van der Waals surface area contributed by atoms with Crippen LogP contribution in [0.5, 0.6) is 0 Å². The van der Waals surface area contributed by atoms with Crippen molar-refractivity contribution in [1.29, 1.82) is 5.26 Å². The highest BCUT2D eigenvalue weighted by Gasteiger charge is 2.34. The normalized spacial score (nSPS) is 25.1. The molecule has 19 heavy (non-hydrogen) atoms. The molecule has 0 aliphatic carbocycles. The van der Waals surface area contributed by atoms with Gasteiger partial charge >= 0.3 is 0 Å². The van der Waals surface area contributed by atoms with Crippen molar-refractivity contribution in [3.8, 4) is 6.07 Å². The van der Waals surface area contributed by atoms with Gasteiger partial charge in [-0.1, -0.05) is 0 Å². The first-order chi connectivity index (χ1) is 9.13. The maximum atomic E-state index is 12.3. The quantitative estimate of drug-likeness (QED) is 0.829. The average Bonchev–Trinajstić information content (AvgIpc) is 2.88. The maximum absolute atomic E-state index is 12.3. The van der Waals surface area contributed by atoms with Gasteiger partial charge < -0.3 is 9.32 Å². The van der Waals surface area contributed by atoms with Crippen molar-refractivity contribution < 1.29 is 9.21 Å². The summed E-state index contributed by atoms with van der Waals surface area (Å²) in [7, 11) is 1.80. The molecule has 0 saturated carbocycles. The largest absolute Gasteiger partial charge is 0.468 e. The van der Waals surface area contributed by atoms with Gasteiger partial charge in [-0.05, 0) is 25.5 Å². The lowest BCUT2D eigenvalue weighted by Gasteiger charge is -2.31. The van der Waals surface area contributed by atoms with Crippen molar-refractivity contribution in [3.05, 3.63) is 24.2 Å². The molecule has 2 heterocycles. The van der Waals surface area contributed by atoms with Crippen LogP contribution in [0.1, 0.15) is 25.5 Å². The van der Waals surface area contributed by atoms with E-state index in [9.17, 15) is 4.79 Å². The van der Waals surface area contributed by atoms with Gasteiger partial charge in [0.15, 0.2) is 0 Å². The monoisotopic (exact) mass is 261 g/mol. The number of carbonyl (C=O) groups excluding carboxylic acids is 1. The predicted molar refractivity (Wildman–Crippen MR) is 70.0 cm³/mol. The summed E-state index contributed by atoms with van der Waals surface area (Å²) in [4.78, 5) is 16.1. The number of carbonyl (C=O) groups is 1. The number of hydrogen-bond acceptors (Lipinski definition) is 4.